The van der Waals surface area contributed by atoms with E-state index in [9.17, 15) is 13.2 Å². The zero-order chi connectivity index (χ0) is 13.8. The second-order valence-corrected chi connectivity index (χ2v) is 8.71. The predicted molar refractivity (Wildman–Crippen MR) is 74.1 cm³/mol. The quantitative estimate of drug-likeness (QED) is 0.794. The molecule has 18 heavy (non-hydrogen) atoms. The van der Waals surface area contributed by atoms with Crippen molar-refractivity contribution in [1.82, 2.24) is 4.72 Å². The van der Waals surface area contributed by atoms with Gasteiger partial charge in [-0.1, -0.05) is 36.7 Å². The van der Waals surface area contributed by atoms with Crippen LogP contribution in [0, 0.1) is 16.7 Å². The van der Waals surface area contributed by atoms with Crippen LogP contribution < -0.4 is 4.72 Å². The van der Waals surface area contributed by atoms with Crippen molar-refractivity contribution in [3.63, 3.8) is 0 Å². The Morgan fingerprint density at radius 2 is 2.06 bits per heavy atom. The minimum atomic E-state index is -3.31. The number of carbonyl (C=O) groups is 1. The molecule has 104 valence electrons. The fraction of sp³-hybridized carbons (Fsp3) is 0.917. The molecular formula is C12H20BrNO3S. The van der Waals surface area contributed by atoms with Gasteiger partial charge in [-0.2, -0.15) is 0 Å². The summed E-state index contributed by atoms with van der Waals surface area (Å²) in [6, 6.07) is 0. The van der Waals surface area contributed by atoms with Gasteiger partial charge in [-0.05, 0) is 24.2 Å². The number of alkyl halides is 1. The minimum absolute atomic E-state index is 0.0445. The van der Waals surface area contributed by atoms with Gasteiger partial charge in [-0.15, -0.1) is 0 Å². The maximum Gasteiger partial charge on any atom is 0.212 e. The van der Waals surface area contributed by atoms with E-state index in [1.54, 1.807) is 6.92 Å². The number of sulfonamides is 1. The standard InChI is InChI=1S/C12H20BrNO3S/c1-4-14-18(16,17)7-12(3)8-5-6-11(12,2)10(15)9(8)13/h8-9,14H,4-7H2,1-3H3/t8-,9-,11+,12-/m1/s1. The smallest absolute Gasteiger partial charge is 0.212 e. The summed E-state index contributed by atoms with van der Waals surface area (Å²) in [6.45, 7) is 6.05. The summed E-state index contributed by atoms with van der Waals surface area (Å²) in [4.78, 5) is 12.1. The first-order chi connectivity index (χ1) is 8.18. The Kier molecular flexibility index (Phi) is 3.44. The monoisotopic (exact) mass is 337 g/mol. The van der Waals surface area contributed by atoms with Crippen molar-refractivity contribution >= 4 is 31.7 Å². The molecule has 0 amide bonds. The Hall–Kier alpha value is 0.0600. The van der Waals surface area contributed by atoms with Crippen molar-refractivity contribution in [3.05, 3.63) is 0 Å². The van der Waals surface area contributed by atoms with Gasteiger partial charge in [0.15, 0.2) is 5.78 Å². The molecule has 2 aliphatic carbocycles. The normalized spacial score (nSPS) is 43.7. The number of carbonyl (C=O) groups excluding carboxylic acids is 1. The maximum absolute atomic E-state index is 12.3. The third-order valence-corrected chi connectivity index (χ3v) is 7.80. The highest BCUT2D eigenvalue weighted by Crippen LogP contribution is 2.65. The van der Waals surface area contributed by atoms with Crippen LogP contribution in [0.25, 0.3) is 0 Å². The van der Waals surface area contributed by atoms with E-state index in [1.165, 1.54) is 0 Å². The number of Topliss-reactive ketones (excluding diaryl/α,β-unsaturated/α-hetero) is 1. The summed E-state index contributed by atoms with van der Waals surface area (Å²) in [5.41, 5.74) is -0.965. The lowest BCUT2D eigenvalue weighted by molar-refractivity contribution is -0.127. The highest BCUT2D eigenvalue weighted by Gasteiger charge is 2.68. The lowest BCUT2D eigenvalue weighted by Gasteiger charge is -2.36. The van der Waals surface area contributed by atoms with Crippen molar-refractivity contribution in [2.45, 2.75) is 38.4 Å². The number of hydrogen-bond donors (Lipinski definition) is 1. The number of rotatable bonds is 4. The van der Waals surface area contributed by atoms with Gasteiger partial charge in [-0.3, -0.25) is 4.79 Å². The summed E-state index contributed by atoms with van der Waals surface area (Å²) in [7, 11) is -3.31. The van der Waals surface area contributed by atoms with Crippen LogP contribution in [-0.4, -0.2) is 31.3 Å². The van der Waals surface area contributed by atoms with Crippen molar-refractivity contribution in [2.24, 2.45) is 16.7 Å². The van der Waals surface area contributed by atoms with Gasteiger partial charge >= 0.3 is 0 Å². The third-order valence-electron chi connectivity index (χ3n) is 5.04. The van der Waals surface area contributed by atoms with E-state index in [1.807, 2.05) is 13.8 Å². The maximum atomic E-state index is 12.3. The molecule has 0 saturated heterocycles. The summed E-state index contributed by atoms with van der Waals surface area (Å²) in [6.07, 6.45) is 1.73. The van der Waals surface area contributed by atoms with Crippen LogP contribution in [0.5, 0.6) is 0 Å². The third kappa shape index (κ3) is 1.79. The highest BCUT2D eigenvalue weighted by atomic mass is 79.9. The first-order valence-corrected chi connectivity index (χ1v) is 8.90. The predicted octanol–water partition coefficient (Wildman–Crippen LogP) is 1.69. The topological polar surface area (TPSA) is 63.2 Å². The van der Waals surface area contributed by atoms with Crippen molar-refractivity contribution in [3.8, 4) is 0 Å². The Morgan fingerprint density at radius 3 is 2.50 bits per heavy atom. The van der Waals surface area contributed by atoms with Crippen LogP contribution in [-0.2, 0) is 14.8 Å². The fourth-order valence-corrected chi connectivity index (χ4v) is 6.97. The van der Waals surface area contributed by atoms with Crippen LogP contribution in [0.3, 0.4) is 0 Å². The molecule has 1 N–H and O–H groups in total. The van der Waals surface area contributed by atoms with E-state index in [-0.39, 0.29) is 22.3 Å². The van der Waals surface area contributed by atoms with Crippen molar-refractivity contribution in [2.75, 3.05) is 12.3 Å². The van der Waals surface area contributed by atoms with Gasteiger partial charge in [0, 0.05) is 12.0 Å². The molecule has 0 unspecified atom stereocenters. The molecule has 0 radical (unpaired) electrons. The molecule has 2 aliphatic rings. The largest absolute Gasteiger partial charge is 0.298 e. The average Bonchev–Trinajstić information content (AvgIpc) is 2.54. The number of ketones is 1. The van der Waals surface area contributed by atoms with E-state index in [2.05, 4.69) is 20.7 Å². The van der Waals surface area contributed by atoms with E-state index in [4.69, 9.17) is 0 Å². The van der Waals surface area contributed by atoms with Crippen LogP contribution >= 0.6 is 15.9 Å². The van der Waals surface area contributed by atoms with Crippen LogP contribution in [0.15, 0.2) is 0 Å². The summed E-state index contributed by atoms with van der Waals surface area (Å²) in [5, 5.41) is 0. The molecule has 2 bridgehead atoms. The lowest BCUT2D eigenvalue weighted by Crippen LogP contribution is -2.43. The Bertz CT molecular complexity index is 478. The zero-order valence-corrected chi connectivity index (χ0v) is 13.4. The fourth-order valence-electron chi connectivity index (χ4n) is 3.75. The molecule has 4 nitrogen and oxygen atoms in total. The van der Waals surface area contributed by atoms with E-state index >= 15 is 0 Å². The molecule has 0 aromatic carbocycles. The van der Waals surface area contributed by atoms with Crippen molar-refractivity contribution in [1.29, 1.82) is 0 Å². The van der Waals surface area contributed by atoms with E-state index < -0.39 is 20.9 Å². The van der Waals surface area contributed by atoms with Crippen LogP contribution in [0.1, 0.15) is 33.6 Å². The van der Waals surface area contributed by atoms with Gasteiger partial charge in [0.05, 0.1) is 10.6 Å². The van der Waals surface area contributed by atoms with Gasteiger partial charge in [0.2, 0.25) is 10.0 Å². The Morgan fingerprint density at radius 1 is 1.44 bits per heavy atom. The summed E-state index contributed by atoms with van der Waals surface area (Å²) >= 11 is 3.45. The average molecular weight is 338 g/mol. The molecule has 2 saturated carbocycles. The van der Waals surface area contributed by atoms with Gasteiger partial charge < -0.3 is 0 Å². The van der Waals surface area contributed by atoms with Crippen molar-refractivity contribution < 1.29 is 13.2 Å². The van der Waals surface area contributed by atoms with Gasteiger partial charge in [0.25, 0.3) is 0 Å². The molecular weight excluding hydrogens is 318 g/mol. The Labute approximate surface area is 117 Å². The minimum Gasteiger partial charge on any atom is -0.298 e. The second-order valence-electron chi connectivity index (χ2n) is 5.92. The first kappa shape index (κ1) is 14.5. The number of hydrogen-bond acceptors (Lipinski definition) is 3. The number of halogens is 1. The molecule has 0 aromatic rings. The lowest BCUT2D eigenvalue weighted by atomic mass is 9.70. The van der Waals surface area contributed by atoms with Crippen LogP contribution in [0.2, 0.25) is 0 Å². The van der Waals surface area contributed by atoms with E-state index in [0.717, 1.165) is 12.8 Å². The SMILES string of the molecule is CCNS(=O)(=O)C[C@]1(C)[C@@H]2CC[C@@]1(C)C(=O)[C@@H]2Br. The molecule has 0 aromatic heterocycles. The molecule has 4 atom stereocenters. The second kappa shape index (κ2) is 4.28. The number of fused-ring (bicyclic) bond motifs is 2. The van der Waals surface area contributed by atoms with E-state index in [0.29, 0.717) is 6.54 Å². The summed E-state index contributed by atoms with van der Waals surface area (Å²) < 4.78 is 26.6. The zero-order valence-electron chi connectivity index (χ0n) is 11.0. The van der Waals surface area contributed by atoms with Gasteiger partial charge in [0.1, 0.15) is 0 Å². The molecule has 2 rings (SSSR count). The first-order valence-electron chi connectivity index (χ1n) is 6.34. The molecule has 2 fully saturated rings. The Balaban J connectivity index is 2.35. The summed E-state index contributed by atoms with van der Waals surface area (Å²) in [5.74, 6) is 0.347. The van der Waals surface area contributed by atoms with Gasteiger partial charge in [-0.25, -0.2) is 13.1 Å². The molecule has 6 heteroatoms. The molecule has 0 aliphatic heterocycles. The molecule has 0 spiro atoms. The molecule has 0 heterocycles. The number of nitrogens with one attached hydrogen (secondary N) is 1. The van der Waals surface area contributed by atoms with Crippen LogP contribution in [0.4, 0.5) is 0 Å². The highest BCUT2D eigenvalue weighted by molar-refractivity contribution is 9.10.